The van der Waals surface area contributed by atoms with Gasteiger partial charge in [-0.25, -0.2) is 8.78 Å². The van der Waals surface area contributed by atoms with Gasteiger partial charge in [0.15, 0.2) is 11.6 Å². The van der Waals surface area contributed by atoms with Gasteiger partial charge in [-0.1, -0.05) is 38.5 Å². The molecule has 0 bridgehead atoms. The Hall–Kier alpha value is -1.89. The van der Waals surface area contributed by atoms with Crippen molar-refractivity contribution < 1.29 is 18.3 Å². The number of carbonyl (C=O) groups is 1. The molecule has 0 saturated heterocycles. The molecular weight excluding hydrogens is 400 g/mol. The first-order valence-corrected chi connectivity index (χ1v) is 12.0. The normalized spacial score (nSPS) is 22.3. The van der Waals surface area contributed by atoms with Crippen molar-refractivity contribution in [2.24, 2.45) is 11.8 Å². The lowest BCUT2D eigenvalue weighted by Crippen LogP contribution is -2.61. The number of amides is 1. The number of ether oxygens (including phenoxy) is 1. The SMILES string of the molecule is CCOCC1(C(C(=O)NC2CCCCC2)C2CCCCC2)Nc2cc(F)c(F)cc2N1. The third kappa shape index (κ3) is 4.81. The maximum absolute atomic E-state index is 13.9. The molecule has 31 heavy (non-hydrogen) atoms. The smallest absolute Gasteiger partial charge is 0.227 e. The molecule has 1 unspecified atom stereocenters. The largest absolute Gasteiger partial charge is 0.377 e. The van der Waals surface area contributed by atoms with Crippen LogP contribution in [0.3, 0.4) is 0 Å². The van der Waals surface area contributed by atoms with Crippen LogP contribution in [-0.2, 0) is 9.53 Å². The molecule has 0 aromatic heterocycles. The minimum absolute atomic E-state index is 0.0206. The number of anilines is 2. The highest BCUT2D eigenvalue weighted by Gasteiger charge is 2.51. The summed E-state index contributed by atoms with van der Waals surface area (Å²) in [5, 5.41) is 10.0. The summed E-state index contributed by atoms with van der Waals surface area (Å²) in [4.78, 5) is 13.8. The highest BCUT2D eigenvalue weighted by atomic mass is 19.2. The Morgan fingerprint density at radius 3 is 2.13 bits per heavy atom. The van der Waals surface area contributed by atoms with Crippen LogP contribution in [0.2, 0.25) is 0 Å². The first-order chi connectivity index (χ1) is 15.0. The van der Waals surface area contributed by atoms with Gasteiger partial charge in [0.05, 0.1) is 23.9 Å². The Balaban J connectivity index is 1.65. The second-order valence-corrected chi connectivity index (χ2v) is 9.39. The van der Waals surface area contributed by atoms with Crippen LogP contribution in [0.25, 0.3) is 0 Å². The number of halogens is 2. The Kier molecular flexibility index (Phi) is 6.99. The summed E-state index contributed by atoms with van der Waals surface area (Å²) in [6, 6.07) is 2.54. The first kappa shape index (κ1) is 22.3. The van der Waals surface area contributed by atoms with Crippen LogP contribution in [0, 0.1) is 23.5 Å². The number of nitrogens with one attached hydrogen (secondary N) is 3. The fraction of sp³-hybridized carbons (Fsp3) is 0.708. The zero-order valence-corrected chi connectivity index (χ0v) is 18.4. The third-order valence-corrected chi connectivity index (χ3v) is 7.20. The number of carbonyl (C=O) groups excluding carboxylic acids is 1. The molecule has 1 aliphatic heterocycles. The van der Waals surface area contributed by atoms with Gasteiger partial charge in [0, 0.05) is 24.8 Å². The average Bonchev–Trinajstić information content (AvgIpc) is 3.12. The summed E-state index contributed by atoms with van der Waals surface area (Å²) in [5.74, 6) is -2.00. The van der Waals surface area contributed by atoms with E-state index in [9.17, 15) is 13.6 Å². The van der Waals surface area contributed by atoms with E-state index in [2.05, 4.69) is 16.0 Å². The summed E-state index contributed by atoms with van der Waals surface area (Å²) in [6.07, 6.45) is 10.9. The molecule has 3 N–H and O–H groups in total. The average molecular weight is 436 g/mol. The number of hydrogen-bond donors (Lipinski definition) is 3. The molecule has 5 nitrogen and oxygen atoms in total. The fourth-order valence-corrected chi connectivity index (χ4v) is 5.69. The highest BCUT2D eigenvalue weighted by molar-refractivity contribution is 5.86. The van der Waals surface area contributed by atoms with Crippen molar-refractivity contribution in [3.8, 4) is 0 Å². The van der Waals surface area contributed by atoms with Crippen LogP contribution in [0.1, 0.15) is 71.1 Å². The predicted octanol–water partition coefficient (Wildman–Crippen LogP) is 5.18. The van der Waals surface area contributed by atoms with Gasteiger partial charge >= 0.3 is 0 Å². The Bertz CT molecular complexity index is 745. The minimum Gasteiger partial charge on any atom is -0.377 e. The van der Waals surface area contributed by atoms with Crippen LogP contribution >= 0.6 is 0 Å². The molecule has 7 heteroatoms. The van der Waals surface area contributed by atoms with Gasteiger partial charge in [-0.05, 0) is 38.5 Å². The Morgan fingerprint density at radius 2 is 1.58 bits per heavy atom. The molecule has 2 fully saturated rings. The van der Waals surface area contributed by atoms with Gasteiger partial charge < -0.3 is 20.7 Å². The summed E-state index contributed by atoms with van der Waals surface area (Å²) >= 11 is 0. The van der Waals surface area contributed by atoms with E-state index >= 15 is 0 Å². The lowest BCUT2D eigenvalue weighted by molar-refractivity contribution is -0.131. The van der Waals surface area contributed by atoms with Gasteiger partial charge in [-0.2, -0.15) is 0 Å². The van der Waals surface area contributed by atoms with Gasteiger partial charge in [0.25, 0.3) is 0 Å². The third-order valence-electron chi connectivity index (χ3n) is 7.20. The summed E-state index contributed by atoms with van der Waals surface area (Å²) in [5.41, 5.74) is 0.0223. The molecule has 172 valence electrons. The number of hydrogen-bond acceptors (Lipinski definition) is 4. The molecule has 1 aromatic carbocycles. The maximum atomic E-state index is 13.9. The maximum Gasteiger partial charge on any atom is 0.227 e. The molecule has 2 aliphatic carbocycles. The van der Waals surface area contributed by atoms with Crippen molar-refractivity contribution in [3.63, 3.8) is 0 Å². The number of rotatable bonds is 7. The fourth-order valence-electron chi connectivity index (χ4n) is 5.69. The lowest BCUT2D eigenvalue weighted by atomic mass is 9.73. The molecule has 1 atom stereocenters. The quantitative estimate of drug-likeness (QED) is 0.552. The van der Waals surface area contributed by atoms with Crippen LogP contribution in [0.5, 0.6) is 0 Å². The van der Waals surface area contributed by atoms with E-state index in [1.165, 1.54) is 25.0 Å². The Labute approximate surface area is 183 Å². The molecule has 4 rings (SSSR count). The summed E-state index contributed by atoms with van der Waals surface area (Å²) in [6.45, 7) is 2.64. The Morgan fingerprint density at radius 1 is 1.03 bits per heavy atom. The van der Waals surface area contributed by atoms with E-state index in [1.54, 1.807) is 0 Å². The van der Waals surface area contributed by atoms with E-state index in [0.717, 1.165) is 51.4 Å². The van der Waals surface area contributed by atoms with Crippen molar-refractivity contribution in [1.29, 1.82) is 0 Å². The van der Waals surface area contributed by atoms with Gasteiger partial charge in [0.1, 0.15) is 5.66 Å². The second-order valence-electron chi connectivity index (χ2n) is 9.39. The van der Waals surface area contributed by atoms with Crippen molar-refractivity contribution in [2.75, 3.05) is 23.8 Å². The van der Waals surface area contributed by atoms with Crippen molar-refractivity contribution >= 4 is 17.3 Å². The second kappa shape index (κ2) is 9.72. The van der Waals surface area contributed by atoms with E-state index in [0.29, 0.717) is 18.0 Å². The highest BCUT2D eigenvalue weighted by Crippen LogP contribution is 2.44. The van der Waals surface area contributed by atoms with Crippen LogP contribution in [-0.4, -0.2) is 30.8 Å². The molecule has 0 spiro atoms. The van der Waals surface area contributed by atoms with E-state index in [-0.39, 0.29) is 24.5 Å². The molecule has 3 aliphatic rings. The lowest BCUT2D eigenvalue weighted by Gasteiger charge is -2.43. The minimum atomic E-state index is -0.931. The van der Waals surface area contributed by atoms with E-state index < -0.39 is 23.2 Å². The predicted molar refractivity (Wildman–Crippen MR) is 118 cm³/mol. The zero-order valence-electron chi connectivity index (χ0n) is 18.4. The van der Waals surface area contributed by atoms with Gasteiger partial charge in [0.2, 0.25) is 5.91 Å². The van der Waals surface area contributed by atoms with Crippen molar-refractivity contribution in [1.82, 2.24) is 5.32 Å². The summed E-state index contributed by atoms with van der Waals surface area (Å²) in [7, 11) is 0. The van der Waals surface area contributed by atoms with Crippen molar-refractivity contribution in [2.45, 2.75) is 82.8 Å². The van der Waals surface area contributed by atoms with Crippen LogP contribution in [0.15, 0.2) is 12.1 Å². The summed E-state index contributed by atoms with van der Waals surface area (Å²) < 4.78 is 33.7. The first-order valence-electron chi connectivity index (χ1n) is 12.0. The zero-order chi connectivity index (χ0) is 21.8. The van der Waals surface area contributed by atoms with Crippen molar-refractivity contribution in [3.05, 3.63) is 23.8 Å². The van der Waals surface area contributed by atoms with Gasteiger partial charge in [-0.3, -0.25) is 4.79 Å². The molecule has 2 saturated carbocycles. The molecule has 0 radical (unpaired) electrons. The van der Waals surface area contributed by atoms with Crippen LogP contribution in [0.4, 0.5) is 20.2 Å². The number of fused-ring (bicyclic) bond motifs is 1. The van der Waals surface area contributed by atoms with Gasteiger partial charge in [-0.15, -0.1) is 0 Å². The van der Waals surface area contributed by atoms with Crippen LogP contribution < -0.4 is 16.0 Å². The number of benzene rings is 1. The molecule has 1 amide bonds. The molecule has 1 aromatic rings. The van der Waals surface area contributed by atoms with E-state index in [4.69, 9.17) is 4.74 Å². The van der Waals surface area contributed by atoms with E-state index in [1.807, 2.05) is 6.92 Å². The molecular formula is C24H35F2N3O2. The standard InChI is InChI=1S/C24H35F2N3O2/c1-2-31-15-24(28-20-13-18(25)19(26)14-21(20)29-24)22(16-9-5-3-6-10-16)23(30)27-17-11-7-4-8-12-17/h13-14,16-17,22,28-29H,2-12,15H2,1H3,(H,27,30). The topological polar surface area (TPSA) is 62.4 Å². The molecule has 1 heterocycles. The monoisotopic (exact) mass is 435 g/mol.